The van der Waals surface area contributed by atoms with E-state index in [2.05, 4.69) is 4.72 Å². The fourth-order valence-electron chi connectivity index (χ4n) is 1.75. The summed E-state index contributed by atoms with van der Waals surface area (Å²) in [4.78, 5) is 10.9. The number of carbonyl (C=O) groups is 1. The number of sulfonamides is 1. The summed E-state index contributed by atoms with van der Waals surface area (Å²) >= 11 is 5.80. The number of primary amides is 1. The number of nitrogens with zero attached hydrogens (tertiary/aromatic N) is 1. The molecule has 0 fully saturated rings. The van der Waals surface area contributed by atoms with Crippen LogP contribution in [0, 0.1) is 17.1 Å². The van der Waals surface area contributed by atoms with Crippen LogP contribution in [0.15, 0.2) is 41.3 Å². The molecular formula is C14H9ClFN3O3S. The minimum absolute atomic E-state index is 0.0210. The van der Waals surface area contributed by atoms with E-state index in [9.17, 15) is 17.6 Å². The maximum atomic E-state index is 13.4. The highest BCUT2D eigenvalue weighted by atomic mass is 35.5. The minimum atomic E-state index is -4.03. The van der Waals surface area contributed by atoms with Crippen LogP contribution in [0.2, 0.25) is 5.02 Å². The highest BCUT2D eigenvalue weighted by Gasteiger charge is 2.17. The normalized spacial score (nSPS) is 10.8. The zero-order valence-corrected chi connectivity index (χ0v) is 13.0. The van der Waals surface area contributed by atoms with Crippen molar-refractivity contribution in [1.29, 1.82) is 5.26 Å². The summed E-state index contributed by atoms with van der Waals surface area (Å²) in [5.41, 5.74) is 4.65. The molecular weight excluding hydrogens is 345 g/mol. The number of hydrogen-bond acceptors (Lipinski definition) is 4. The molecule has 2 aromatic carbocycles. The molecule has 2 aromatic rings. The first-order valence-corrected chi connectivity index (χ1v) is 7.92. The van der Waals surface area contributed by atoms with Gasteiger partial charge < -0.3 is 5.73 Å². The Morgan fingerprint density at radius 1 is 1.26 bits per heavy atom. The molecule has 118 valence electrons. The predicted octanol–water partition coefficient (Wildman–Crippen LogP) is 2.25. The van der Waals surface area contributed by atoms with Crippen molar-refractivity contribution in [3.63, 3.8) is 0 Å². The second-order valence-corrected chi connectivity index (χ2v) is 6.51. The highest BCUT2D eigenvalue weighted by molar-refractivity contribution is 7.92. The SMILES string of the molecule is N#Cc1ccc(S(=O)(=O)Nc2ccc(F)c(C(N)=O)c2)cc1Cl. The van der Waals surface area contributed by atoms with Gasteiger partial charge in [-0.3, -0.25) is 9.52 Å². The summed E-state index contributed by atoms with van der Waals surface area (Å²) in [6.07, 6.45) is 0. The lowest BCUT2D eigenvalue weighted by atomic mass is 10.2. The van der Waals surface area contributed by atoms with Crippen molar-refractivity contribution in [3.05, 3.63) is 58.4 Å². The average molecular weight is 354 g/mol. The molecule has 0 saturated heterocycles. The largest absolute Gasteiger partial charge is 0.366 e. The highest BCUT2D eigenvalue weighted by Crippen LogP contribution is 2.23. The van der Waals surface area contributed by atoms with Crippen LogP contribution in [0.25, 0.3) is 0 Å². The molecule has 0 unspecified atom stereocenters. The average Bonchev–Trinajstić information content (AvgIpc) is 2.48. The van der Waals surface area contributed by atoms with Crippen LogP contribution in [0.3, 0.4) is 0 Å². The summed E-state index contributed by atoms with van der Waals surface area (Å²) in [6.45, 7) is 0. The maximum absolute atomic E-state index is 13.4. The van der Waals surface area contributed by atoms with Gasteiger partial charge in [-0.05, 0) is 36.4 Å². The minimum Gasteiger partial charge on any atom is -0.366 e. The monoisotopic (exact) mass is 353 g/mol. The van der Waals surface area contributed by atoms with Gasteiger partial charge in [0.2, 0.25) is 0 Å². The zero-order valence-electron chi connectivity index (χ0n) is 11.4. The topological polar surface area (TPSA) is 113 Å². The van der Waals surface area contributed by atoms with E-state index in [1.54, 1.807) is 0 Å². The molecule has 2 rings (SSSR count). The molecule has 0 aliphatic carbocycles. The van der Waals surface area contributed by atoms with Gasteiger partial charge in [-0.2, -0.15) is 5.26 Å². The summed E-state index contributed by atoms with van der Waals surface area (Å²) in [5, 5.41) is 8.76. The Kier molecular flexibility index (Phi) is 4.54. The van der Waals surface area contributed by atoms with Gasteiger partial charge in [0.15, 0.2) is 0 Å². The fourth-order valence-corrected chi connectivity index (χ4v) is 3.11. The van der Waals surface area contributed by atoms with Crippen LogP contribution < -0.4 is 10.5 Å². The van der Waals surface area contributed by atoms with Crippen molar-refractivity contribution in [1.82, 2.24) is 0 Å². The molecule has 0 aliphatic rings. The Labute approximate surface area is 136 Å². The lowest BCUT2D eigenvalue weighted by Gasteiger charge is -2.10. The van der Waals surface area contributed by atoms with Gasteiger partial charge >= 0.3 is 0 Å². The number of nitrogens with one attached hydrogen (secondary N) is 1. The number of carbonyl (C=O) groups excluding carboxylic acids is 1. The van der Waals surface area contributed by atoms with E-state index in [4.69, 9.17) is 22.6 Å². The third-order valence-corrected chi connectivity index (χ3v) is 4.55. The summed E-state index contributed by atoms with van der Waals surface area (Å²) in [6, 6.07) is 8.43. The van der Waals surface area contributed by atoms with Gasteiger partial charge in [-0.25, -0.2) is 12.8 Å². The number of benzene rings is 2. The van der Waals surface area contributed by atoms with Crippen LogP contribution in [-0.4, -0.2) is 14.3 Å². The molecule has 0 aliphatic heterocycles. The van der Waals surface area contributed by atoms with Gasteiger partial charge in [0.1, 0.15) is 11.9 Å². The van der Waals surface area contributed by atoms with Gasteiger partial charge in [0.25, 0.3) is 15.9 Å². The molecule has 6 nitrogen and oxygen atoms in total. The predicted molar refractivity (Wildman–Crippen MR) is 81.9 cm³/mol. The van der Waals surface area contributed by atoms with Crippen LogP contribution >= 0.6 is 11.6 Å². The first-order chi connectivity index (χ1) is 10.7. The molecule has 9 heteroatoms. The molecule has 3 N–H and O–H groups in total. The number of rotatable bonds is 4. The second-order valence-electron chi connectivity index (χ2n) is 4.42. The van der Waals surface area contributed by atoms with E-state index in [1.807, 2.05) is 6.07 Å². The molecule has 1 amide bonds. The van der Waals surface area contributed by atoms with Crippen LogP contribution in [0.1, 0.15) is 15.9 Å². The third-order valence-electron chi connectivity index (χ3n) is 2.86. The zero-order chi connectivity index (χ0) is 17.2. The van der Waals surface area contributed by atoms with Crippen LogP contribution in [0.4, 0.5) is 10.1 Å². The number of anilines is 1. The number of amides is 1. The van der Waals surface area contributed by atoms with Crippen molar-refractivity contribution in [2.75, 3.05) is 4.72 Å². The Balaban J connectivity index is 2.39. The summed E-state index contributed by atoms with van der Waals surface area (Å²) in [7, 11) is -4.03. The molecule has 0 bridgehead atoms. The van der Waals surface area contributed by atoms with Crippen molar-refractivity contribution >= 4 is 33.2 Å². The molecule has 0 spiro atoms. The van der Waals surface area contributed by atoms with E-state index in [-0.39, 0.29) is 21.2 Å². The number of halogens is 2. The molecule has 23 heavy (non-hydrogen) atoms. The van der Waals surface area contributed by atoms with Crippen LogP contribution in [-0.2, 0) is 10.0 Å². The Morgan fingerprint density at radius 3 is 2.52 bits per heavy atom. The van der Waals surface area contributed by atoms with E-state index in [0.29, 0.717) is 0 Å². The van der Waals surface area contributed by atoms with E-state index in [1.165, 1.54) is 12.1 Å². The summed E-state index contributed by atoms with van der Waals surface area (Å²) < 4.78 is 40.1. The Bertz CT molecular complexity index is 939. The van der Waals surface area contributed by atoms with Crippen LogP contribution in [0.5, 0.6) is 0 Å². The number of hydrogen-bond donors (Lipinski definition) is 2. The van der Waals surface area contributed by atoms with E-state index in [0.717, 1.165) is 24.3 Å². The first-order valence-electron chi connectivity index (χ1n) is 6.06. The lowest BCUT2D eigenvalue weighted by molar-refractivity contribution is 0.0996. The molecule has 0 aromatic heterocycles. The smallest absolute Gasteiger partial charge is 0.261 e. The van der Waals surface area contributed by atoms with Gasteiger partial charge in [0.05, 0.1) is 21.0 Å². The van der Waals surface area contributed by atoms with Crippen molar-refractivity contribution in [3.8, 4) is 6.07 Å². The van der Waals surface area contributed by atoms with Crippen molar-refractivity contribution in [2.45, 2.75) is 4.90 Å². The van der Waals surface area contributed by atoms with Crippen molar-refractivity contribution in [2.24, 2.45) is 5.73 Å². The second kappa shape index (κ2) is 6.24. The standard InChI is InChI=1S/C14H9ClFN3O3S/c15-12-6-10(3-1-8(12)7-17)23(21,22)19-9-2-4-13(16)11(5-9)14(18)20/h1-6,19H,(H2,18,20). The maximum Gasteiger partial charge on any atom is 0.261 e. The lowest BCUT2D eigenvalue weighted by Crippen LogP contribution is -2.16. The number of nitrogens with two attached hydrogens (primary N) is 1. The third kappa shape index (κ3) is 3.59. The first kappa shape index (κ1) is 16.7. The summed E-state index contributed by atoms with van der Waals surface area (Å²) in [5.74, 6) is -1.88. The Morgan fingerprint density at radius 2 is 1.96 bits per heavy atom. The molecule has 0 saturated carbocycles. The van der Waals surface area contributed by atoms with Crippen molar-refractivity contribution < 1.29 is 17.6 Å². The molecule has 0 radical (unpaired) electrons. The van der Waals surface area contributed by atoms with Gasteiger partial charge in [-0.15, -0.1) is 0 Å². The van der Waals surface area contributed by atoms with E-state index < -0.39 is 27.3 Å². The van der Waals surface area contributed by atoms with Gasteiger partial charge in [0, 0.05) is 5.69 Å². The molecule has 0 heterocycles. The fraction of sp³-hybridized carbons (Fsp3) is 0. The number of nitriles is 1. The Hall–Kier alpha value is -2.63. The van der Waals surface area contributed by atoms with Gasteiger partial charge in [-0.1, -0.05) is 11.6 Å². The van der Waals surface area contributed by atoms with E-state index >= 15 is 0 Å². The molecule has 0 atom stereocenters. The quantitative estimate of drug-likeness (QED) is 0.877.